The summed E-state index contributed by atoms with van der Waals surface area (Å²) in [5, 5.41) is 4.86. The van der Waals surface area contributed by atoms with Gasteiger partial charge in [0.25, 0.3) is 0 Å². The Morgan fingerprint density at radius 3 is 2.29 bits per heavy atom. The summed E-state index contributed by atoms with van der Waals surface area (Å²) in [6.45, 7) is 5.88. The molecule has 38 heavy (non-hydrogen) atoms. The van der Waals surface area contributed by atoms with E-state index in [1.54, 1.807) is 24.3 Å². The second kappa shape index (κ2) is 12.3. The van der Waals surface area contributed by atoms with E-state index < -0.39 is 6.09 Å². The number of nitrogens with one attached hydrogen (secondary N) is 1. The molecule has 0 aliphatic rings. The van der Waals surface area contributed by atoms with Gasteiger partial charge in [0, 0.05) is 22.6 Å². The van der Waals surface area contributed by atoms with Crippen LogP contribution in [0.5, 0.6) is 17.2 Å². The zero-order valence-electron chi connectivity index (χ0n) is 22.2. The van der Waals surface area contributed by atoms with Crippen LogP contribution in [0.3, 0.4) is 0 Å². The van der Waals surface area contributed by atoms with Crippen LogP contribution in [0.25, 0.3) is 10.8 Å². The number of anilines is 1. The molecular weight excluding hydrogens is 478 g/mol. The molecule has 0 spiro atoms. The van der Waals surface area contributed by atoms with Crippen LogP contribution < -0.4 is 14.8 Å². The van der Waals surface area contributed by atoms with E-state index in [4.69, 9.17) is 14.2 Å². The van der Waals surface area contributed by atoms with Crippen LogP contribution in [0.15, 0.2) is 78.9 Å². The summed E-state index contributed by atoms with van der Waals surface area (Å²) in [6, 6.07) is 24.8. The minimum absolute atomic E-state index is 0.0257. The standard InChI is InChI=1S/C32H33NO5/c1-5-21(3)30(34)29-22(6-2)14-15-24(31(29)36-4)20-37-32(35)33-25-16-18-26(19-17-25)38-28-13-9-11-23-10-7-8-12-27(23)28/h7-19,21H,5-6,20H2,1-4H3,(H,33,35). The number of hydrogen-bond donors (Lipinski definition) is 1. The molecule has 0 aromatic heterocycles. The number of amides is 1. The van der Waals surface area contributed by atoms with Gasteiger partial charge in [-0.3, -0.25) is 10.1 Å². The number of carbonyl (C=O) groups is 2. The zero-order valence-corrected chi connectivity index (χ0v) is 22.2. The van der Waals surface area contributed by atoms with E-state index >= 15 is 0 Å². The Bertz CT molecular complexity index is 1420. The Hall–Kier alpha value is -4.32. The second-order valence-corrected chi connectivity index (χ2v) is 9.12. The van der Waals surface area contributed by atoms with Crippen molar-refractivity contribution in [2.75, 3.05) is 12.4 Å². The first-order valence-corrected chi connectivity index (χ1v) is 12.9. The van der Waals surface area contributed by atoms with Crippen LogP contribution >= 0.6 is 0 Å². The molecule has 0 aliphatic carbocycles. The lowest BCUT2D eigenvalue weighted by molar-refractivity contribution is 0.0922. The molecule has 6 heteroatoms. The predicted molar refractivity (Wildman–Crippen MR) is 150 cm³/mol. The zero-order chi connectivity index (χ0) is 27.1. The third kappa shape index (κ3) is 5.97. The molecule has 1 amide bonds. The van der Waals surface area contributed by atoms with E-state index in [-0.39, 0.29) is 18.3 Å². The second-order valence-electron chi connectivity index (χ2n) is 9.12. The molecule has 0 radical (unpaired) electrons. The number of carbonyl (C=O) groups excluding carboxylic acids is 2. The average Bonchev–Trinajstić information content (AvgIpc) is 2.95. The minimum atomic E-state index is -0.607. The van der Waals surface area contributed by atoms with Gasteiger partial charge in [-0.1, -0.05) is 69.3 Å². The molecule has 0 saturated carbocycles. The van der Waals surface area contributed by atoms with Crippen LogP contribution in [-0.2, 0) is 17.8 Å². The Morgan fingerprint density at radius 2 is 1.58 bits per heavy atom. The molecule has 4 rings (SSSR count). The number of Topliss-reactive ketones (excluding diaryl/α,β-unsaturated/α-hetero) is 1. The van der Waals surface area contributed by atoms with Gasteiger partial charge in [0.05, 0.1) is 12.7 Å². The lowest BCUT2D eigenvalue weighted by atomic mass is 9.90. The molecular formula is C32H33NO5. The highest BCUT2D eigenvalue weighted by Gasteiger charge is 2.24. The quantitative estimate of drug-likeness (QED) is 0.217. The number of aryl methyl sites for hydroxylation is 1. The number of ether oxygens (including phenoxy) is 3. The van der Waals surface area contributed by atoms with Gasteiger partial charge >= 0.3 is 6.09 Å². The van der Waals surface area contributed by atoms with Crippen molar-refractivity contribution < 1.29 is 23.8 Å². The Balaban J connectivity index is 1.41. The Labute approximate surface area is 223 Å². The summed E-state index contributed by atoms with van der Waals surface area (Å²) >= 11 is 0. The summed E-state index contributed by atoms with van der Waals surface area (Å²) in [4.78, 5) is 25.6. The van der Waals surface area contributed by atoms with E-state index in [0.29, 0.717) is 34.7 Å². The first kappa shape index (κ1) is 26.7. The summed E-state index contributed by atoms with van der Waals surface area (Å²) in [5.74, 6) is 1.80. The Morgan fingerprint density at radius 1 is 0.868 bits per heavy atom. The number of benzene rings is 4. The summed E-state index contributed by atoms with van der Waals surface area (Å²) in [7, 11) is 1.54. The molecule has 1 unspecified atom stereocenters. The van der Waals surface area contributed by atoms with Crippen LogP contribution in [0.1, 0.15) is 48.7 Å². The third-order valence-corrected chi connectivity index (χ3v) is 6.65. The highest BCUT2D eigenvalue weighted by atomic mass is 16.5. The van der Waals surface area contributed by atoms with Crippen molar-refractivity contribution >= 4 is 28.3 Å². The van der Waals surface area contributed by atoms with Crippen LogP contribution in [-0.4, -0.2) is 19.0 Å². The molecule has 1 N–H and O–H groups in total. The number of ketones is 1. The smallest absolute Gasteiger partial charge is 0.411 e. The van der Waals surface area contributed by atoms with Crippen molar-refractivity contribution in [1.82, 2.24) is 0 Å². The molecule has 4 aromatic rings. The molecule has 0 fully saturated rings. The van der Waals surface area contributed by atoms with Crippen LogP contribution in [0.4, 0.5) is 10.5 Å². The van der Waals surface area contributed by atoms with Crippen molar-refractivity contribution in [3.63, 3.8) is 0 Å². The normalized spacial score (nSPS) is 11.6. The number of rotatable bonds is 10. The minimum Gasteiger partial charge on any atom is -0.496 e. The molecule has 4 aromatic carbocycles. The maximum absolute atomic E-state index is 13.1. The van der Waals surface area contributed by atoms with E-state index in [0.717, 1.165) is 28.5 Å². The molecule has 0 bridgehead atoms. The fourth-order valence-electron chi connectivity index (χ4n) is 4.33. The molecule has 0 saturated heterocycles. The van der Waals surface area contributed by atoms with Gasteiger partial charge in [-0.05, 0) is 54.1 Å². The number of hydrogen-bond acceptors (Lipinski definition) is 5. The van der Waals surface area contributed by atoms with Gasteiger partial charge in [0.2, 0.25) is 0 Å². The van der Waals surface area contributed by atoms with Crippen molar-refractivity contribution in [2.24, 2.45) is 5.92 Å². The molecule has 0 aliphatic heterocycles. The van der Waals surface area contributed by atoms with E-state index in [9.17, 15) is 9.59 Å². The molecule has 1 atom stereocenters. The van der Waals surface area contributed by atoms with Gasteiger partial charge < -0.3 is 14.2 Å². The van der Waals surface area contributed by atoms with Crippen LogP contribution in [0, 0.1) is 5.92 Å². The van der Waals surface area contributed by atoms with Gasteiger partial charge in [-0.15, -0.1) is 0 Å². The van der Waals surface area contributed by atoms with E-state index in [2.05, 4.69) is 5.32 Å². The van der Waals surface area contributed by atoms with Gasteiger partial charge in [0.1, 0.15) is 23.9 Å². The highest BCUT2D eigenvalue weighted by Crippen LogP contribution is 2.32. The maximum atomic E-state index is 13.1. The monoisotopic (exact) mass is 511 g/mol. The fraction of sp³-hybridized carbons (Fsp3) is 0.250. The number of fused-ring (bicyclic) bond motifs is 1. The van der Waals surface area contributed by atoms with Gasteiger partial charge in [0.15, 0.2) is 5.78 Å². The number of methoxy groups -OCH3 is 1. The fourth-order valence-corrected chi connectivity index (χ4v) is 4.33. The molecule has 196 valence electrons. The van der Waals surface area contributed by atoms with Crippen molar-refractivity contribution in [2.45, 2.75) is 40.2 Å². The highest BCUT2D eigenvalue weighted by molar-refractivity contribution is 6.02. The molecule has 6 nitrogen and oxygen atoms in total. The SMILES string of the molecule is CCc1ccc(COC(=O)Nc2ccc(Oc3cccc4ccccc34)cc2)c(OC)c1C(=O)C(C)CC. The van der Waals surface area contributed by atoms with Gasteiger partial charge in [-0.25, -0.2) is 4.79 Å². The van der Waals surface area contributed by atoms with Gasteiger partial charge in [-0.2, -0.15) is 0 Å². The third-order valence-electron chi connectivity index (χ3n) is 6.65. The maximum Gasteiger partial charge on any atom is 0.411 e. The predicted octanol–water partition coefficient (Wildman–Crippen LogP) is 8.18. The first-order chi connectivity index (χ1) is 18.4. The topological polar surface area (TPSA) is 73.9 Å². The van der Waals surface area contributed by atoms with E-state index in [1.165, 1.54) is 7.11 Å². The molecule has 0 heterocycles. The largest absolute Gasteiger partial charge is 0.496 e. The summed E-state index contributed by atoms with van der Waals surface area (Å²) < 4.78 is 17.2. The summed E-state index contributed by atoms with van der Waals surface area (Å²) in [5.41, 5.74) is 2.71. The van der Waals surface area contributed by atoms with Crippen molar-refractivity contribution in [1.29, 1.82) is 0 Å². The lowest BCUT2D eigenvalue weighted by Crippen LogP contribution is -2.17. The summed E-state index contributed by atoms with van der Waals surface area (Å²) in [6.07, 6.45) is 0.833. The van der Waals surface area contributed by atoms with Crippen LogP contribution in [0.2, 0.25) is 0 Å². The van der Waals surface area contributed by atoms with Crippen molar-refractivity contribution in [3.05, 3.63) is 95.6 Å². The lowest BCUT2D eigenvalue weighted by Gasteiger charge is -2.18. The van der Waals surface area contributed by atoms with E-state index in [1.807, 2.05) is 75.4 Å². The Kier molecular flexibility index (Phi) is 8.64. The average molecular weight is 512 g/mol. The first-order valence-electron chi connectivity index (χ1n) is 12.9. The van der Waals surface area contributed by atoms with Crippen molar-refractivity contribution in [3.8, 4) is 17.2 Å².